The third kappa shape index (κ3) is 12.5. The number of aliphatic hydroxyl groups is 2. The summed E-state index contributed by atoms with van der Waals surface area (Å²) in [5.74, 6) is -1.24. The summed E-state index contributed by atoms with van der Waals surface area (Å²) >= 11 is 0. The number of aliphatic hydroxyl groups excluding tert-OH is 2. The summed E-state index contributed by atoms with van der Waals surface area (Å²) in [5.41, 5.74) is 0. The Hall–Kier alpha value is -0.553. The van der Waals surface area contributed by atoms with Gasteiger partial charge in [0.2, 0.25) is 0 Å². The third-order valence-electron chi connectivity index (χ3n) is 8.65. The smallest absolute Gasteiger partial charge is 0.479 e. The van der Waals surface area contributed by atoms with Gasteiger partial charge in [-0.25, -0.2) is 4.79 Å². The average molecular weight is 575 g/mol. The van der Waals surface area contributed by atoms with Crippen molar-refractivity contribution in [3.05, 3.63) is 0 Å². The van der Waals surface area contributed by atoms with E-state index >= 15 is 0 Å². The summed E-state index contributed by atoms with van der Waals surface area (Å²) in [7, 11) is -0.910. The minimum atomic E-state index is -3.27. The van der Waals surface area contributed by atoms with Crippen LogP contribution in [0.5, 0.6) is 0 Å². The number of hydrogen-bond acceptors (Lipinski definition) is 6. The molecule has 39 heavy (non-hydrogen) atoms. The van der Waals surface area contributed by atoms with Crippen molar-refractivity contribution >= 4 is 14.8 Å². The molecule has 8 nitrogen and oxygen atoms in total. The summed E-state index contributed by atoms with van der Waals surface area (Å²) in [6, 6.07) is 0.509. The predicted octanol–water partition coefficient (Wildman–Crippen LogP) is 5.66. The van der Waals surface area contributed by atoms with Crippen LogP contribution < -0.4 is 0 Å². The van der Waals surface area contributed by atoms with Crippen LogP contribution in [0.3, 0.4) is 0 Å². The van der Waals surface area contributed by atoms with Crippen molar-refractivity contribution in [2.24, 2.45) is 0 Å². The van der Waals surface area contributed by atoms with Crippen LogP contribution in [0.1, 0.15) is 123 Å². The maximum absolute atomic E-state index is 11.7. The number of carboxylic acid groups (broad SMARTS) is 1. The van der Waals surface area contributed by atoms with Crippen LogP contribution in [0.15, 0.2) is 0 Å². The van der Waals surface area contributed by atoms with E-state index in [-0.39, 0.29) is 6.61 Å². The third-order valence-corrected chi connectivity index (χ3v) is 11.5. The molecule has 3 N–H and O–H groups in total. The van der Waals surface area contributed by atoms with Crippen molar-refractivity contribution in [1.82, 2.24) is 0 Å². The highest BCUT2D eigenvalue weighted by molar-refractivity contribution is 6.61. The molecule has 0 aromatic carbocycles. The van der Waals surface area contributed by atoms with Crippen LogP contribution in [0.4, 0.5) is 0 Å². The first kappa shape index (κ1) is 34.6. The lowest BCUT2D eigenvalue weighted by Gasteiger charge is -2.48. The fraction of sp³-hybridized carbons (Fsp3) is 0.967. The van der Waals surface area contributed by atoms with Gasteiger partial charge in [0.1, 0.15) is 18.3 Å². The first-order valence-corrected chi connectivity index (χ1v) is 18.1. The van der Waals surface area contributed by atoms with E-state index in [4.69, 9.17) is 13.3 Å². The Morgan fingerprint density at radius 1 is 0.744 bits per heavy atom. The maximum Gasteiger partial charge on any atom is 0.502 e. The molecule has 0 spiro atoms. The van der Waals surface area contributed by atoms with Gasteiger partial charge in [0.15, 0.2) is 6.10 Å². The summed E-state index contributed by atoms with van der Waals surface area (Å²) in [6.07, 6.45) is 17.0. The van der Waals surface area contributed by atoms with Gasteiger partial charge in [-0.05, 0) is 25.7 Å². The highest BCUT2D eigenvalue weighted by Crippen LogP contribution is 2.35. The zero-order valence-corrected chi connectivity index (χ0v) is 26.3. The average Bonchev–Trinajstić information content (AvgIpc) is 2.91. The number of quaternary nitrogens is 1. The van der Waals surface area contributed by atoms with Gasteiger partial charge >= 0.3 is 14.8 Å². The van der Waals surface area contributed by atoms with Crippen LogP contribution in [-0.4, -0.2) is 92.3 Å². The Balaban J connectivity index is 1.85. The molecule has 2 saturated heterocycles. The largest absolute Gasteiger partial charge is 0.502 e. The maximum atomic E-state index is 11.7. The first-order chi connectivity index (χ1) is 18.8. The van der Waals surface area contributed by atoms with Crippen molar-refractivity contribution in [2.45, 2.75) is 153 Å². The van der Waals surface area contributed by atoms with E-state index in [0.717, 1.165) is 30.5 Å². The summed E-state index contributed by atoms with van der Waals surface area (Å²) in [4.78, 5) is 11.7. The van der Waals surface area contributed by atoms with E-state index in [1.165, 1.54) is 103 Å². The summed E-state index contributed by atoms with van der Waals surface area (Å²) < 4.78 is 18.6. The van der Waals surface area contributed by atoms with Gasteiger partial charge < -0.3 is 33.1 Å². The van der Waals surface area contributed by atoms with Crippen molar-refractivity contribution in [2.75, 3.05) is 33.3 Å². The Morgan fingerprint density at radius 2 is 1.21 bits per heavy atom. The van der Waals surface area contributed by atoms with Crippen molar-refractivity contribution in [3.8, 4) is 0 Å². The molecule has 2 fully saturated rings. The first-order valence-electron chi connectivity index (χ1n) is 16.2. The molecule has 230 valence electrons. The number of fused-ring (bicyclic) bond motifs is 2. The molecular weight excluding hydrogens is 514 g/mol. The number of carbonyl (C=O) groups is 1. The van der Waals surface area contributed by atoms with Gasteiger partial charge in [-0.15, -0.1) is 0 Å². The number of nitrogens with zero attached hydrogens (tertiary/aromatic N) is 1. The van der Waals surface area contributed by atoms with E-state index in [1.807, 2.05) is 0 Å². The second kappa shape index (κ2) is 18.8. The summed E-state index contributed by atoms with van der Waals surface area (Å²) in [6.45, 7) is 7.81. The van der Waals surface area contributed by atoms with Gasteiger partial charge in [0, 0.05) is 12.5 Å². The van der Waals surface area contributed by atoms with Crippen LogP contribution in [0.25, 0.3) is 0 Å². The van der Waals surface area contributed by atoms with E-state index in [9.17, 15) is 20.1 Å². The van der Waals surface area contributed by atoms with Crippen molar-refractivity contribution < 1.29 is 37.9 Å². The fourth-order valence-corrected chi connectivity index (χ4v) is 9.00. The molecule has 2 aliphatic heterocycles. The van der Waals surface area contributed by atoms with Crippen molar-refractivity contribution in [3.63, 3.8) is 0 Å². The number of hydrogen-bond donors (Lipinski definition) is 3. The quantitative estimate of drug-likeness (QED) is 0.0821. The number of rotatable bonds is 23. The molecule has 0 saturated carbocycles. The monoisotopic (exact) mass is 574 g/mol. The molecule has 0 aromatic rings. The number of unbranched alkanes of at least 4 members (excludes halogenated alkanes) is 14. The number of aliphatic carboxylic acids is 1. The molecule has 2 heterocycles. The molecule has 0 amide bonds. The molecule has 9 heteroatoms. The van der Waals surface area contributed by atoms with Gasteiger partial charge in [0.25, 0.3) is 0 Å². The van der Waals surface area contributed by atoms with Crippen LogP contribution in [0.2, 0.25) is 6.04 Å². The molecule has 0 aliphatic carbocycles. The molecule has 0 radical (unpaired) electrons. The van der Waals surface area contributed by atoms with E-state index in [2.05, 4.69) is 20.9 Å². The Labute approximate surface area is 239 Å². The zero-order valence-electron chi connectivity index (χ0n) is 25.3. The highest BCUT2D eigenvalue weighted by atomic mass is 28.4. The van der Waals surface area contributed by atoms with E-state index in [0.29, 0.717) is 6.04 Å². The SMILES string of the molecule is CCCCCCCCCC[N+](C)(CCCCCCCCCC)CCC[Si]12OC[C@@H](O)[C@@H](O1)[C@H](O)[C@H](C(=O)O)O2. The lowest BCUT2D eigenvalue weighted by molar-refractivity contribution is -0.910. The minimum absolute atomic E-state index is 0.0168. The molecule has 5 atom stereocenters. The predicted molar refractivity (Wildman–Crippen MR) is 157 cm³/mol. The Kier molecular flexibility index (Phi) is 16.7. The second-order valence-electron chi connectivity index (χ2n) is 12.4. The molecule has 2 rings (SSSR count). The lowest BCUT2D eigenvalue weighted by atomic mass is 10.0. The second-order valence-corrected chi connectivity index (χ2v) is 15.0. The van der Waals surface area contributed by atoms with Crippen LogP contribution >= 0.6 is 0 Å². The van der Waals surface area contributed by atoms with Crippen LogP contribution in [-0.2, 0) is 18.1 Å². The molecule has 2 aliphatic rings. The van der Waals surface area contributed by atoms with E-state index in [1.54, 1.807) is 0 Å². The van der Waals surface area contributed by atoms with Gasteiger partial charge in [-0.3, -0.25) is 0 Å². The number of carboxylic acids is 1. The zero-order chi connectivity index (χ0) is 28.6. The van der Waals surface area contributed by atoms with Gasteiger partial charge in [-0.1, -0.05) is 90.9 Å². The Bertz CT molecular complexity index is 649. The van der Waals surface area contributed by atoms with Crippen molar-refractivity contribution in [1.29, 1.82) is 0 Å². The molecule has 0 aromatic heterocycles. The van der Waals surface area contributed by atoms with E-state index < -0.39 is 39.2 Å². The van der Waals surface area contributed by atoms with Gasteiger partial charge in [-0.2, -0.15) is 0 Å². The molecule has 2 bridgehead atoms. The topological polar surface area (TPSA) is 105 Å². The van der Waals surface area contributed by atoms with Crippen LogP contribution in [0, 0.1) is 0 Å². The normalized spacial score (nSPS) is 27.1. The Morgan fingerprint density at radius 3 is 1.69 bits per heavy atom. The standard InChI is InChI=1S/C30H59NO7Si/c1-4-6-8-10-12-14-16-18-21-31(3,22-19-17-15-13-11-9-7-5-2)23-20-24-39-36-25-26(32)28(37-39)27(33)29(38-39)30(34)35/h26-29,32-33H,4-25H2,1-3H3/p+1/t26-,27+,28-,29-,39?/m1/s1. The summed E-state index contributed by atoms with van der Waals surface area (Å²) in [5, 5.41) is 30.2. The lowest BCUT2D eigenvalue weighted by Crippen LogP contribution is -2.70. The molecular formula is C30H60NO7Si+. The fourth-order valence-electron chi connectivity index (χ4n) is 6.08. The highest BCUT2D eigenvalue weighted by Gasteiger charge is 2.59. The minimum Gasteiger partial charge on any atom is -0.479 e. The molecule has 1 unspecified atom stereocenters. The van der Waals surface area contributed by atoms with Gasteiger partial charge in [0.05, 0.1) is 33.3 Å².